The van der Waals surface area contributed by atoms with Crippen LogP contribution in [0.3, 0.4) is 0 Å². The quantitative estimate of drug-likeness (QED) is 0.849. The van der Waals surface area contributed by atoms with Crippen LogP contribution in [0, 0.1) is 11.3 Å². The lowest BCUT2D eigenvalue weighted by atomic mass is 9.82. The second-order valence-corrected chi connectivity index (χ2v) is 5.51. The molecule has 0 aromatic heterocycles. The van der Waals surface area contributed by atoms with E-state index in [9.17, 15) is 9.90 Å². The molecule has 0 bridgehead atoms. The van der Waals surface area contributed by atoms with Crippen LogP contribution in [0.5, 0.6) is 5.75 Å². The lowest BCUT2D eigenvalue weighted by molar-refractivity contribution is -0.149. The van der Waals surface area contributed by atoms with Crippen molar-refractivity contribution in [1.29, 1.82) is 0 Å². The van der Waals surface area contributed by atoms with Gasteiger partial charge in [0.15, 0.2) is 0 Å². The smallest absolute Gasteiger partial charge is 0.309 e. The summed E-state index contributed by atoms with van der Waals surface area (Å²) >= 11 is 0. The Hall–Kier alpha value is -1.51. The number of rotatable bonds is 6. The largest absolute Gasteiger partial charge is 0.494 e. The fraction of sp³-hybridized carbons (Fsp3) is 0.562. The van der Waals surface area contributed by atoms with Gasteiger partial charge in [0.1, 0.15) is 5.75 Å². The zero-order valence-electron chi connectivity index (χ0n) is 11.5. The summed E-state index contributed by atoms with van der Waals surface area (Å²) in [6, 6.07) is 9.58. The number of para-hydroxylation sites is 1. The van der Waals surface area contributed by atoms with Gasteiger partial charge < -0.3 is 9.84 Å². The summed E-state index contributed by atoms with van der Waals surface area (Å²) in [5.74, 6) is 0.723. The number of benzene rings is 1. The molecule has 1 fully saturated rings. The van der Waals surface area contributed by atoms with Crippen molar-refractivity contribution in [3.05, 3.63) is 30.3 Å². The van der Waals surface area contributed by atoms with Gasteiger partial charge in [-0.15, -0.1) is 0 Å². The molecule has 104 valence electrons. The topological polar surface area (TPSA) is 46.5 Å². The molecule has 3 nitrogen and oxygen atoms in total. The molecule has 1 aliphatic rings. The molecule has 1 aromatic carbocycles. The molecule has 1 aliphatic carbocycles. The molecule has 0 spiro atoms. The van der Waals surface area contributed by atoms with Crippen molar-refractivity contribution in [2.24, 2.45) is 11.3 Å². The molecule has 19 heavy (non-hydrogen) atoms. The van der Waals surface area contributed by atoms with Gasteiger partial charge in [0.25, 0.3) is 0 Å². The second-order valence-electron chi connectivity index (χ2n) is 5.51. The zero-order chi connectivity index (χ0) is 13.7. The van der Waals surface area contributed by atoms with Crippen LogP contribution in [0.1, 0.15) is 39.0 Å². The lowest BCUT2D eigenvalue weighted by Crippen LogP contribution is -2.30. The molecular formula is C16H22O3. The third-order valence-electron chi connectivity index (χ3n) is 4.33. The van der Waals surface area contributed by atoms with Crippen molar-refractivity contribution in [3.63, 3.8) is 0 Å². The van der Waals surface area contributed by atoms with E-state index < -0.39 is 11.4 Å². The monoisotopic (exact) mass is 262 g/mol. The normalized spacial score (nSPS) is 26.3. The minimum atomic E-state index is -0.653. The molecule has 0 radical (unpaired) electrons. The molecule has 1 aromatic rings. The fourth-order valence-electron chi connectivity index (χ4n) is 2.99. The summed E-state index contributed by atoms with van der Waals surface area (Å²) in [6.07, 6.45) is 4.31. The number of ether oxygens (including phenoxy) is 1. The molecular weight excluding hydrogens is 240 g/mol. The molecule has 2 rings (SSSR count). The number of carbonyl (C=O) groups is 1. The van der Waals surface area contributed by atoms with Gasteiger partial charge in [0.05, 0.1) is 12.0 Å². The van der Waals surface area contributed by atoms with Crippen LogP contribution in [0.15, 0.2) is 30.3 Å². The third kappa shape index (κ3) is 3.28. The Labute approximate surface area is 114 Å². The van der Waals surface area contributed by atoms with Crippen molar-refractivity contribution >= 4 is 5.97 Å². The van der Waals surface area contributed by atoms with Gasteiger partial charge in [-0.3, -0.25) is 4.79 Å². The predicted molar refractivity (Wildman–Crippen MR) is 74.3 cm³/mol. The van der Waals surface area contributed by atoms with Gasteiger partial charge in [-0.2, -0.15) is 0 Å². The van der Waals surface area contributed by atoms with Crippen molar-refractivity contribution < 1.29 is 14.6 Å². The van der Waals surface area contributed by atoms with Gasteiger partial charge in [-0.05, 0) is 43.7 Å². The van der Waals surface area contributed by atoms with Gasteiger partial charge in [0.2, 0.25) is 0 Å². The van der Waals surface area contributed by atoms with Crippen molar-refractivity contribution in [1.82, 2.24) is 0 Å². The average Bonchev–Trinajstić information content (AvgIpc) is 2.85. The van der Waals surface area contributed by atoms with E-state index >= 15 is 0 Å². The Morgan fingerprint density at radius 2 is 2.16 bits per heavy atom. The van der Waals surface area contributed by atoms with Crippen LogP contribution in [0.25, 0.3) is 0 Å². The highest BCUT2D eigenvalue weighted by Crippen LogP contribution is 2.45. The minimum absolute atomic E-state index is 0.479. The van der Waals surface area contributed by atoms with E-state index in [0.717, 1.165) is 31.4 Å². The van der Waals surface area contributed by atoms with Gasteiger partial charge in [-0.1, -0.05) is 31.5 Å². The van der Waals surface area contributed by atoms with Crippen LogP contribution < -0.4 is 4.74 Å². The predicted octanol–water partition coefficient (Wildman–Crippen LogP) is 3.74. The Morgan fingerprint density at radius 3 is 2.74 bits per heavy atom. The van der Waals surface area contributed by atoms with Crippen molar-refractivity contribution in [3.8, 4) is 5.75 Å². The summed E-state index contributed by atoms with van der Waals surface area (Å²) in [4.78, 5) is 11.6. The molecule has 1 saturated carbocycles. The van der Waals surface area contributed by atoms with Crippen LogP contribution >= 0.6 is 0 Å². The summed E-state index contributed by atoms with van der Waals surface area (Å²) in [6.45, 7) is 2.62. The van der Waals surface area contributed by atoms with E-state index in [-0.39, 0.29) is 0 Å². The molecule has 2 atom stereocenters. The Morgan fingerprint density at radius 1 is 1.42 bits per heavy atom. The summed E-state index contributed by atoms with van der Waals surface area (Å²) in [5, 5.41) is 9.52. The first-order valence-corrected chi connectivity index (χ1v) is 7.07. The second kappa shape index (κ2) is 6.09. The van der Waals surface area contributed by atoms with E-state index in [1.54, 1.807) is 0 Å². The van der Waals surface area contributed by atoms with Crippen LogP contribution in [0.4, 0.5) is 0 Å². The van der Waals surface area contributed by atoms with Crippen LogP contribution in [-0.2, 0) is 4.79 Å². The summed E-state index contributed by atoms with van der Waals surface area (Å²) < 4.78 is 5.65. The number of aliphatic carboxylic acids is 1. The van der Waals surface area contributed by atoms with Crippen molar-refractivity contribution in [2.45, 2.75) is 39.0 Å². The minimum Gasteiger partial charge on any atom is -0.494 e. The Kier molecular flexibility index (Phi) is 4.46. The highest BCUT2D eigenvalue weighted by molar-refractivity contribution is 5.75. The standard InChI is InChI=1S/C16H22O3/c1-2-13-8-9-16(12-13,15(17)18)10-11-19-14-6-4-3-5-7-14/h3-7,13H,2,8-12H2,1H3,(H,17,18). The first-order valence-electron chi connectivity index (χ1n) is 7.07. The number of carboxylic acid groups (broad SMARTS) is 1. The van der Waals surface area contributed by atoms with Crippen LogP contribution in [-0.4, -0.2) is 17.7 Å². The molecule has 2 unspecified atom stereocenters. The van der Waals surface area contributed by atoms with E-state index in [2.05, 4.69) is 6.92 Å². The highest BCUT2D eigenvalue weighted by Gasteiger charge is 2.44. The van der Waals surface area contributed by atoms with Crippen LogP contribution in [0.2, 0.25) is 0 Å². The van der Waals surface area contributed by atoms with E-state index in [1.165, 1.54) is 0 Å². The third-order valence-corrected chi connectivity index (χ3v) is 4.33. The molecule has 0 saturated heterocycles. The van der Waals surface area contributed by atoms with E-state index in [1.807, 2.05) is 30.3 Å². The molecule has 1 N–H and O–H groups in total. The first kappa shape index (κ1) is 13.9. The summed E-state index contributed by atoms with van der Waals surface area (Å²) in [7, 11) is 0. The number of carboxylic acids is 1. The van der Waals surface area contributed by atoms with Gasteiger partial charge >= 0.3 is 5.97 Å². The maximum atomic E-state index is 11.6. The van der Waals surface area contributed by atoms with Gasteiger partial charge in [-0.25, -0.2) is 0 Å². The first-order chi connectivity index (χ1) is 9.16. The SMILES string of the molecule is CCC1CCC(CCOc2ccccc2)(C(=O)O)C1. The van der Waals surface area contributed by atoms with Crippen molar-refractivity contribution in [2.75, 3.05) is 6.61 Å². The van der Waals surface area contributed by atoms with E-state index in [4.69, 9.17) is 4.74 Å². The maximum Gasteiger partial charge on any atom is 0.309 e. The highest BCUT2D eigenvalue weighted by atomic mass is 16.5. The maximum absolute atomic E-state index is 11.6. The Bertz CT molecular complexity index is 415. The van der Waals surface area contributed by atoms with E-state index in [0.29, 0.717) is 18.9 Å². The fourth-order valence-corrected chi connectivity index (χ4v) is 2.99. The molecule has 0 aliphatic heterocycles. The van der Waals surface area contributed by atoms with Gasteiger partial charge in [0, 0.05) is 0 Å². The number of hydrogen-bond acceptors (Lipinski definition) is 2. The molecule has 0 amide bonds. The summed E-state index contributed by atoms with van der Waals surface area (Å²) in [5.41, 5.74) is -0.560. The average molecular weight is 262 g/mol. The number of hydrogen-bond donors (Lipinski definition) is 1. The molecule has 3 heteroatoms. The zero-order valence-corrected chi connectivity index (χ0v) is 11.5. The lowest BCUT2D eigenvalue weighted by Gasteiger charge is -2.24. The molecule has 0 heterocycles. The Balaban J connectivity index is 1.90.